The Hall–Kier alpha value is -2.64. The first-order chi connectivity index (χ1) is 12.7. The van der Waals surface area contributed by atoms with Crippen LogP contribution < -0.4 is 5.32 Å². The van der Waals surface area contributed by atoms with E-state index in [0.29, 0.717) is 5.56 Å². The Labute approximate surface area is 158 Å². The summed E-state index contributed by atoms with van der Waals surface area (Å²) in [6.45, 7) is 2.01. The van der Waals surface area contributed by atoms with Crippen molar-refractivity contribution < 1.29 is 4.79 Å². The number of thiazole rings is 1. The summed E-state index contributed by atoms with van der Waals surface area (Å²) in [5.74, 6) is 0.708. The number of hydrogen-bond acceptors (Lipinski definition) is 5. The van der Waals surface area contributed by atoms with E-state index in [1.807, 2.05) is 49.4 Å². The largest absolute Gasteiger partial charge is 0.322 e. The van der Waals surface area contributed by atoms with Crippen molar-refractivity contribution in [2.75, 3.05) is 5.32 Å². The Kier molecular flexibility index (Phi) is 4.73. The van der Waals surface area contributed by atoms with Crippen LogP contribution in [0.4, 0.5) is 5.69 Å². The molecule has 2 heterocycles. The fourth-order valence-corrected chi connectivity index (χ4v) is 4.07. The highest BCUT2D eigenvalue weighted by atomic mass is 32.2. The second-order valence-electron chi connectivity index (χ2n) is 5.80. The summed E-state index contributed by atoms with van der Waals surface area (Å²) in [5, 5.41) is 13.9. The highest BCUT2D eigenvalue weighted by Gasteiger charge is 2.08. The van der Waals surface area contributed by atoms with E-state index < -0.39 is 0 Å². The molecular weight excluding hydrogens is 364 g/mol. The number of aromatic amines is 1. The number of hydrogen-bond donors (Lipinski definition) is 2. The van der Waals surface area contributed by atoms with Crippen LogP contribution in [0.3, 0.4) is 0 Å². The molecule has 4 rings (SSSR count). The molecule has 0 aliphatic carbocycles. The van der Waals surface area contributed by atoms with Crippen molar-refractivity contribution in [2.45, 2.75) is 17.6 Å². The summed E-state index contributed by atoms with van der Waals surface area (Å²) < 4.78 is 0. The molecule has 5 nitrogen and oxygen atoms in total. The van der Waals surface area contributed by atoms with Crippen molar-refractivity contribution in [1.29, 1.82) is 0 Å². The molecule has 0 fully saturated rings. The molecule has 0 saturated carbocycles. The maximum absolute atomic E-state index is 12.4. The number of nitrogens with one attached hydrogen (secondary N) is 2. The van der Waals surface area contributed by atoms with E-state index in [0.717, 1.165) is 37.9 Å². The number of fused-ring (bicyclic) bond motifs is 1. The van der Waals surface area contributed by atoms with Crippen LogP contribution in [0.1, 0.15) is 21.1 Å². The predicted molar refractivity (Wildman–Crippen MR) is 107 cm³/mol. The Morgan fingerprint density at radius 2 is 2.08 bits per heavy atom. The average molecular weight is 380 g/mol. The maximum atomic E-state index is 12.4. The van der Waals surface area contributed by atoms with Crippen LogP contribution in [0.5, 0.6) is 0 Å². The first-order valence-electron chi connectivity index (χ1n) is 8.06. The number of thioether (sulfide) groups is 1. The SMILES string of the molecule is Cc1nc(CSc2ccc(C(=O)Nc3ccc4[nH]ncc4c3)cc2)cs1. The monoisotopic (exact) mass is 380 g/mol. The van der Waals surface area contributed by atoms with Crippen LogP contribution in [-0.4, -0.2) is 21.1 Å². The van der Waals surface area contributed by atoms with Crippen LogP contribution in [-0.2, 0) is 5.75 Å². The van der Waals surface area contributed by atoms with Gasteiger partial charge in [-0.15, -0.1) is 23.1 Å². The molecule has 0 bridgehead atoms. The van der Waals surface area contributed by atoms with Gasteiger partial charge in [0.05, 0.1) is 22.4 Å². The zero-order valence-electron chi connectivity index (χ0n) is 14.0. The minimum atomic E-state index is -0.125. The number of aromatic nitrogens is 3. The molecule has 130 valence electrons. The summed E-state index contributed by atoms with van der Waals surface area (Å²) in [6.07, 6.45) is 1.74. The van der Waals surface area contributed by atoms with Crippen LogP contribution in [0, 0.1) is 6.92 Å². The second-order valence-corrected chi connectivity index (χ2v) is 7.91. The lowest BCUT2D eigenvalue weighted by molar-refractivity contribution is 0.102. The normalized spacial score (nSPS) is 11.0. The number of carbonyl (C=O) groups is 1. The second kappa shape index (κ2) is 7.31. The van der Waals surface area contributed by atoms with Gasteiger partial charge in [-0.1, -0.05) is 0 Å². The quantitative estimate of drug-likeness (QED) is 0.485. The summed E-state index contributed by atoms with van der Waals surface area (Å²) >= 11 is 3.38. The van der Waals surface area contributed by atoms with Crippen LogP contribution in [0.15, 0.2) is 58.9 Å². The molecule has 7 heteroatoms. The number of H-pyrrole nitrogens is 1. The molecule has 0 aliphatic rings. The van der Waals surface area contributed by atoms with Gasteiger partial charge in [-0.2, -0.15) is 5.10 Å². The third-order valence-corrected chi connectivity index (χ3v) is 5.74. The number of amides is 1. The van der Waals surface area contributed by atoms with Gasteiger partial charge in [0, 0.05) is 32.7 Å². The number of anilines is 1. The number of carbonyl (C=O) groups excluding carboxylic acids is 1. The molecule has 0 atom stereocenters. The molecular formula is C19H16N4OS2. The van der Waals surface area contributed by atoms with E-state index in [1.165, 1.54) is 0 Å². The van der Waals surface area contributed by atoms with Gasteiger partial charge < -0.3 is 5.32 Å². The summed E-state index contributed by atoms with van der Waals surface area (Å²) in [4.78, 5) is 18.0. The van der Waals surface area contributed by atoms with Gasteiger partial charge in [0.1, 0.15) is 0 Å². The third-order valence-electron chi connectivity index (χ3n) is 3.87. The zero-order valence-corrected chi connectivity index (χ0v) is 15.7. The fraction of sp³-hybridized carbons (Fsp3) is 0.105. The van der Waals surface area contributed by atoms with Gasteiger partial charge in [-0.25, -0.2) is 4.98 Å². The van der Waals surface area contributed by atoms with E-state index >= 15 is 0 Å². The Bertz CT molecular complexity index is 1050. The zero-order chi connectivity index (χ0) is 17.9. The van der Waals surface area contributed by atoms with E-state index in [9.17, 15) is 4.79 Å². The standard InChI is InChI=1S/C19H16N4OS2/c1-12-21-16(10-25-12)11-26-17-5-2-13(3-6-17)19(24)22-15-4-7-18-14(8-15)9-20-23-18/h2-10H,11H2,1H3,(H,20,23)(H,22,24). The Balaban J connectivity index is 1.39. The topological polar surface area (TPSA) is 70.7 Å². The smallest absolute Gasteiger partial charge is 0.255 e. The van der Waals surface area contributed by atoms with Gasteiger partial charge in [-0.05, 0) is 49.4 Å². The molecule has 0 spiro atoms. The van der Waals surface area contributed by atoms with E-state index in [-0.39, 0.29) is 5.91 Å². The first-order valence-corrected chi connectivity index (χ1v) is 9.92. The molecule has 0 radical (unpaired) electrons. The Morgan fingerprint density at radius 1 is 1.23 bits per heavy atom. The van der Waals surface area contributed by atoms with Crippen molar-refractivity contribution in [3.63, 3.8) is 0 Å². The predicted octanol–water partition coefficient (Wildman–Crippen LogP) is 4.87. The van der Waals surface area contributed by atoms with Gasteiger partial charge >= 0.3 is 0 Å². The molecule has 0 unspecified atom stereocenters. The number of nitrogens with zero attached hydrogens (tertiary/aromatic N) is 2. The third kappa shape index (κ3) is 3.79. The number of rotatable bonds is 5. The van der Waals surface area contributed by atoms with Crippen molar-refractivity contribution in [3.8, 4) is 0 Å². The summed E-state index contributed by atoms with van der Waals surface area (Å²) in [5.41, 5.74) is 3.42. The van der Waals surface area contributed by atoms with E-state index in [1.54, 1.807) is 29.3 Å². The molecule has 2 aromatic heterocycles. The lowest BCUT2D eigenvalue weighted by atomic mass is 10.2. The van der Waals surface area contributed by atoms with E-state index in [2.05, 4.69) is 25.9 Å². The Morgan fingerprint density at radius 3 is 2.85 bits per heavy atom. The lowest BCUT2D eigenvalue weighted by Crippen LogP contribution is -2.11. The molecule has 0 aliphatic heterocycles. The highest BCUT2D eigenvalue weighted by Crippen LogP contribution is 2.24. The van der Waals surface area contributed by atoms with Crippen molar-refractivity contribution in [2.24, 2.45) is 0 Å². The highest BCUT2D eigenvalue weighted by molar-refractivity contribution is 7.98. The van der Waals surface area contributed by atoms with Crippen molar-refractivity contribution in [3.05, 3.63) is 70.3 Å². The first kappa shape index (κ1) is 16.8. The lowest BCUT2D eigenvalue weighted by Gasteiger charge is -2.06. The molecule has 1 amide bonds. The van der Waals surface area contributed by atoms with Crippen LogP contribution >= 0.6 is 23.1 Å². The van der Waals surface area contributed by atoms with Gasteiger partial charge in [-0.3, -0.25) is 9.89 Å². The molecule has 26 heavy (non-hydrogen) atoms. The van der Waals surface area contributed by atoms with Gasteiger partial charge in [0.2, 0.25) is 0 Å². The average Bonchev–Trinajstić information content (AvgIpc) is 3.28. The molecule has 2 aromatic carbocycles. The minimum Gasteiger partial charge on any atom is -0.322 e. The molecule has 2 N–H and O–H groups in total. The summed E-state index contributed by atoms with van der Waals surface area (Å²) in [6, 6.07) is 13.3. The molecule has 0 saturated heterocycles. The van der Waals surface area contributed by atoms with Crippen molar-refractivity contribution >= 4 is 45.6 Å². The number of benzene rings is 2. The van der Waals surface area contributed by atoms with Crippen molar-refractivity contribution in [1.82, 2.24) is 15.2 Å². The fourth-order valence-electron chi connectivity index (χ4n) is 2.56. The van der Waals surface area contributed by atoms with Crippen LogP contribution in [0.2, 0.25) is 0 Å². The van der Waals surface area contributed by atoms with Gasteiger partial charge in [0.25, 0.3) is 5.91 Å². The summed E-state index contributed by atoms with van der Waals surface area (Å²) in [7, 11) is 0. The van der Waals surface area contributed by atoms with Gasteiger partial charge in [0.15, 0.2) is 0 Å². The maximum Gasteiger partial charge on any atom is 0.255 e. The number of aryl methyl sites for hydroxylation is 1. The van der Waals surface area contributed by atoms with Crippen LogP contribution in [0.25, 0.3) is 10.9 Å². The van der Waals surface area contributed by atoms with E-state index in [4.69, 9.17) is 0 Å². The molecule has 4 aromatic rings. The minimum absolute atomic E-state index is 0.125.